The third-order valence-corrected chi connectivity index (χ3v) is 18.0. The Labute approximate surface area is 560 Å². The topological polar surface area (TPSA) is 297 Å². The van der Waals surface area contributed by atoms with Gasteiger partial charge in [0.05, 0.1) is 51.0 Å². The van der Waals surface area contributed by atoms with E-state index in [0.717, 1.165) is 24.5 Å². The predicted octanol–water partition coefficient (Wildman–Crippen LogP) is 3.80. The lowest BCUT2D eigenvalue weighted by Crippen LogP contribution is -2.63. The number of likely N-dealkylation sites (N-methyl/N-ethyl adjacent to an activating group) is 7. The van der Waals surface area contributed by atoms with Gasteiger partial charge in [-0.3, -0.25) is 52.7 Å². The maximum atomic E-state index is 15.1. The average Bonchev–Trinajstić information content (AvgIpc) is 0.845. The van der Waals surface area contributed by atoms with Crippen molar-refractivity contribution >= 4 is 76.6 Å². The molecule has 0 aromatic rings. The monoisotopic (exact) mass is 1360 g/mol. The highest BCUT2D eigenvalue weighted by atomic mass is 35.5. The maximum absolute atomic E-state index is 15.1. The van der Waals surface area contributed by atoms with Crippen LogP contribution >= 0.6 is 11.6 Å². The molecule has 1 heterocycles. The van der Waals surface area contributed by atoms with Crippen LogP contribution in [0.4, 0.5) is 13.2 Å². The number of amides is 11. The van der Waals surface area contributed by atoms with Crippen molar-refractivity contribution in [1.29, 1.82) is 0 Å². The van der Waals surface area contributed by atoms with Crippen LogP contribution in [0.1, 0.15) is 154 Å². The third-order valence-electron chi connectivity index (χ3n) is 17.5. The first kappa shape index (κ1) is 84.2. The van der Waals surface area contributed by atoms with E-state index in [4.69, 9.17) is 21.1 Å². The van der Waals surface area contributed by atoms with Crippen molar-refractivity contribution in [3.8, 4) is 0 Å². The fourth-order valence-electron chi connectivity index (χ4n) is 11.2. The van der Waals surface area contributed by atoms with Gasteiger partial charge in [0.1, 0.15) is 41.8 Å². The molecule has 11 atom stereocenters. The standard InChI is InChI=1S/C65H113ClF3N11O14/c1-21-41(8)55-61(90)76(16)33-53(83)74(14)34-54(84)78(18)50(36-93-27-26-38(2)3)60(89)75(15)32-51(81)71-46(25-23-43-22-24-44(45(66)31-43)65(67,68)69)59(88)79(19)49(35-94-37-63(10,11)92)58(87)73-64(12,13)62(91)80(20)48(29-40(6)7)56(85)70-42(9)30-52(82)77(17)47(28-39(4)5)57(86)72-55/h38-50,55,92H,21-37H2,1-20H3,(H,70,85)(H,71,81)(H,72,86)(H,73,87)/t41-,42+,43?,44?,45?,46-,47-,48-,49-,50-,55-/m0/s1. The second-order valence-electron chi connectivity index (χ2n) is 28.6. The van der Waals surface area contributed by atoms with E-state index in [2.05, 4.69) is 21.3 Å². The normalized spacial score (nSPS) is 26.9. The van der Waals surface area contributed by atoms with E-state index in [1.54, 1.807) is 13.8 Å². The molecule has 5 N–H and O–H groups in total. The number of ether oxygens (including phenoxy) is 2. The first-order valence-corrected chi connectivity index (χ1v) is 33.3. The number of nitrogens with zero attached hydrogens (tertiary/aromatic N) is 7. The molecule has 2 aliphatic rings. The number of halogens is 4. The summed E-state index contributed by atoms with van der Waals surface area (Å²) in [7, 11) is 9.35. The van der Waals surface area contributed by atoms with E-state index in [1.807, 2.05) is 48.5 Å². The summed E-state index contributed by atoms with van der Waals surface area (Å²) in [6, 6.07) is -8.80. The van der Waals surface area contributed by atoms with E-state index in [9.17, 15) is 66.2 Å². The van der Waals surface area contributed by atoms with Crippen LogP contribution < -0.4 is 21.3 Å². The van der Waals surface area contributed by atoms with E-state index in [-0.39, 0.29) is 88.9 Å². The Morgan fingerprint density at radius 3 is 1.68 bits per heavy atom. The molecule has 0 radical (unpaired) electrons. The molecule has 0 bridgehead atoms. The number of alkyl halides is 4. The summed E-state index contributed by atoms with van der Waals surface area (Å²) in [5.74, 6) is -10.9. The van der Waals surface area contributed by atoms with Gasteiger partial charge < -0.3 is 70.1 Å². The van der Waals surface area contributed by atoms with Crippen LogP contribution in [0.2, 0.25) is 0 Å². The zero-order chi connectivity index (χ0) is 72.2. The molecule has 0 spiro atoms. The van der Waals surface area contributed by atoms with E-state index in [1.165, 1.54) is 86.8 Å². The lowest BCUT2D eigenvalue weighted by molar-refractivity contribution is -0.182. The van der Waals surface area contributed by atoms with E-state index < -0.39 is 174 Å². The number of hydrogen-bond donors (Lipinski definition) is 5. The van der Waals surface area contributed by atoms with Crippen molar-refractivity contribution in [3.05, 3.63) is 0 Å². The first-order chi connectivity index (χ1) is 43.3. The van der Waals surface area contributed by atoms with Crippen molar-refractivity contribution < 1.29 is 80.5 Å². The number of rotatable bonds is 18. The van der Waals surface area contributed by atoms with Gasteiger partial charge in [-0.15, -0.1) is 11.6 Å². The van der Waals surface area contributed by atoms with Crippen molar-refractivity contribution in [1.82, 2.24) is 55.6 Å². The third kappa shape index (κ3) is 26.6. The summed E-state index contributed by atoms with van der Waals surface area (Å²) < 4.78 is 53.5. The minimum Gasteiger partial charge on any atom is -0.388 e. The quantitative estimate of drug-likeness (QED) is 0.0964. The second-order valence-corrected chi connectivity index (χ2v) is 29.1. The summed E-state index contributed by atoms with van der Waals surface area (Å²) in [6.45, 7) is 19.1. The highest BCUT2D eigenvalue weighted by molar-refractivity contribution is 6.20. The van der Waals surface area contributed by atoms with Crippen LogP contribution in [0.3, 0.4) is 0 Å². The van der Waals surface area contributed by atoms with Gasteiger partial charge >= 0.3 is 6.18 Å². The minimum atomic E-state index is -4.55. The fourth-order valence-corrected chi connectivity index (χ4v) is 11.8. The molecule has 0 aromatic heterocycles. The number of carbonyl (C=O) groups is 11. The lowest BCUT2D eigenvalue weighted by atomic mass is 9.78. The van der Waals surface area contributed by atoms with Gasteiger partial charge in [0, 0.05) is 73.8 Å². The largest absolute Gasteiger partial charge is 0.393 e. The first-order valence-electron chi connectivity index (χ1n) is 32.9. The number of aliphatic hydroxyl groups is 1. The molecule has 11 amide bonds. The molecule has 1 saturated carbocycles. The SMILES string of the molecule is CC[C@H](C)[C@@H]1NC(=O)[C@H](CC(C)C)N(C)C(=O)C[C@@H](C)NC(=O)[C@H](CC(C)C)N(C)C(=O)C(C)(C)NC(=O)[C@H](COCC(C)(C)O)N(C)C(=O)[C@H](CCC2CCC(C(F)(F)F)C(Cl)C2)NC(=O)CN(C)C(=O)[C@H](COCCC(C)C)N(C)C(=O)CN(C)C(=O)CN(C)C1=O. The van der Waals surface area contributed by atoms with Gasteiger partial charge in [-0.25, -0.2) is 0 Å². The number of nitrogens with one attached hydrogen (secondary N) is 4. The van der Waals surface area contributed by atoms with Crippen LogP contribution in [-0.2, 0) is 62.2 Å². The zero-order valence-corrected chi connectivity index (χ0v) is 60.3. The molecule has 540 valence electrons. The Kier molecular flexibility index (Phi) is 33.7. The summed E-state index contributed by atoms with van der Waals surface area (Å²) in [5, 5.41) is 20.4. The molecule has 1 saturated heterocycles. The van der Waals surface area contributed by atoms with Crippen LogP contribution in [0.15, 0.2) is 0 Å². The molecule has 0 aromatic carbocycles. The zero-order valence-electron chi connectivity index (χ0n) is 59.5. The molecular weight excluding hydrogens is 1250 g/mol. The average molecular weight is 1370 g/mol. The van der Waals surface area contributed by atoms with Crippen molar-refractivity contribution in [3.63, 3.8) is 0 Å². The Morgan fingerprint density at radius 1 is 0.617 bits per heavy atom. The van der Waals surface area contributed by atoms with Gasteiger partial charge in [0.25, 0.3) is 0 Å². The van der Waals surface area contributed by atoms with E-state index in [0.29, 0.717) is 12.8 Å². The summed E-state index contributed by atoms with van der Waals surface area (Å²) in [6.07, 6.45) is -3.94. The molecule has 1 aliphatic carbocycles. The van der Waals surface area contributed by atoms with Crippen molar-refractivity contribution in [2.24, 2.45) is 35.5 Å². The molecule has 94 heavy (non-hydrogen) atoms. The maximum Gasteiger partial charge on any atom is 0.393 e. The summed E-state index contributed by atoms with van der Waals surface area (Å²) in [5.41, 5.74) is -3.27. The molecule has 29 heteroatoms. The van der Waals surface area contributed by atoms with Crippen LogP contribution in [0.25, 0.3) is 0 Å². The molecule has 25 nitrogen and oxygen atoms in total. The Balaban J connectivity index is 2.90. The summed E-state index contributed by atoms with van der Waals surface area (Å²) in [4.78, 5) is 167. The molecular formula is C65H113ClF3N11O14. The summed E-state index contributed by atoms with van der Waals surface area (Å²) >= 11 is 6.34. The van der Waals surface area contributed by atoms with Crippen molar-refractivity contribution in [2.75, 3.05) is 95.4 Å². The van der Waals surface area contributed by atoms with Gasteiger partial charge in [-0.2, -0.15) is 13.2 Å². The Morgan fingerprint density at radius 2 is 1.15 bits per heavy atom. The van der Waals surface area contributed by atoms with Gasteiger partial charge in [-0.05, 0) is 116 Å². The molecule has 1 aliphatic heterocycles. The number of hydrogen-bond acceptors (Lipinski definition) is 14. The van der Waals surface area contributed by atoms with Gasteiger partial charge in [0.15, 0.2) is 0 Å². The number of carbonyl (C=O) groups excluding carboxylic acids is 11. The van der Waals surface area contributed by atoms with Crippen LogP contribution in [0, 0.1) is 35.5 Å². The smallest absolute Gasteiger partial charge is 0.388 e. The highest BCUT2D eigenvalue weighted by Crippen LogP contribution is 2.43. The van der Waals surface area contributed by atoms with Gasteiger partial charge in [-0.1, -0.05) is 61.8 Å². The minimum absolute atomic E-state index is 0.0663. The lowest BCUT2D eigenvalue weighted by Gasteiger charge is -2.38. The van der Waals surface area contributed by atoms with Gasteiger partial charge in [0.2, 0.25) is 65.0 Å². The Bertz CT molecular complexity index is 2570. The Hall–Kier alpha value is -5.87. The highest BCUT2D eigenvalue weighted by Gasteiger charge is 2.48. The fraction of sp³-hybridized carbons (Fsp3) is 0.831. The van der Waals surface area contributed by atoms with Crippen LogP contribution in [-0.4, -0.2) is 265 Å². The second kappa shape index (κ2) is 37.6. The van der Waals surface area contributed by atoms with Crippen LogP contribution in [0.5, 0.6) is 0 Å². The molecule has 2 fully saturated rings. The predicted molar refractivity (Wildman–Crippen MR) is 349 cm³/mol. The van der Waals surface area contributed by atoms with Crippen molar-refractivity contribution in [2.45, 2.75) is 219 Å². The molecule has 2 rings (SSSR count). The van der Waals surface area contributed by atoms with E-state index >= 15 is 4.79 Å². The molecule has 3 unspecified atom stereocenters.